The van der Waals surface area contributed by atoms with Gasteiger partial charge in [-0.25, -0.2) is 0 Å². The van der Waals surface area contributed by atoms with E-state index in [1.165, 1.54) is 0 Å². The Hall–Kier alpha value is -0.380. The van der Waals surface area contributed by atoms with Crippen molar-refractivity contribution in [1.82, 2.24) is 5.32 Å². The van der Waals surface area contributed by atoms with Crippen molar-refractivity contribution in [3.63, 3.8) is 0 Å². The van der Waals surface area contributed by atoms with Gasteiger partial charge in [0, 0.05) is 10.5 Å². The first-order valence-corrected chi connectivity index (χ1v) is 6.09. The fourth-order valence-corrected chi connectivity index (χ4v) is 1.68. The molecule has 15 heavy (non-hydrogen) atoms. The Balaban J connectivity index is 2.69. The molecule has 1 aromatic carbocycles. The highest BCUT2D eigenvalue weighted by molar-refractivity contribution is 9.10. The second kappa shape index (κ2) is 6.26. The van der Waals surface area contributed by atoms with Gasteiger partial charge in [0.05, 0.1) is 12.6 Å². The van der Waals surface area contributed by atoms with Crippen molar-refractivity contribution in [2.45, 2.75) is 32.4 Å². The maximum absolute atomic E-state index is 9.32. The molecule has 0 aliphatic heterocycles. The van der Waals surface area contributed by atoms with Gasteiger partial charge < -0.3 is 10.4 Å². The van der Waals surface area contributed by atoms with Crippen LogP contribution >= 0.6 is 15.9 Å². The van der Waals surface area contributed by atoms with Crippen LogP contribution in [0.1, 0.15) is 31.9 Å². The van der Waals surface area contributed by atoms with Crippen LogP contribution in [0.2, 0.25) is 0 Å². The molecule has 0 aromatic heterocycles. The standard InChI is InChI=1S/C12H18BrNO/c1-3-9(2)14-12(8-15)10-4-6-11(13)7-5-10/h4-7,9,12,14-15H,3,8H2,1-2H3. The average Bonchev–Trinajstić information content (AvgIpc) is 2.27. The summed E-state index contributed by atoms with van der Waals surface area (Å²) in [6.45, 7) is 4.39. The Morgan fingerprint density at radius 3 is 2.40 bits per heavy atom. The van der Waals surface area contributed by atoms with Crippen molar-refractivity contribution < 1.29 is 5.11 Å². The highest BCUT2D eigenvalue weighted by atomic mass is 79.9. The van der Waals surface area contributed by atoms with E-state index in [2.05, 4.69) is 35.1 Å². The van der Waals surface area contributed by atoms with Gasteiger partial charge >= 0.3 is 0 Å². The molecule has 1 aromatic rings. The molecular weight excluding hydrogens is 254 g/mol. The van der Waals surface area contributed by atoms with E-state index in [4.69, 9.17) is 0 Å². The van der Waals surface area contributed by atoms with E-state index >= 15 is 0 Å². The van der Waals surface area contributed by atoms with Gasteiger partial charge in [-0.15, -0.1) is 0 Å². The summed E-state index contributed by atoms with van der Waals surface area (Å²) in [6.07, 6.45) is 1.06. The smallest absolute Gasteiger partial charge is 0.0626 e. The molecule has 0 spiro atoms. The summed E-state index contributed by atoms with van der Waals surface area (Å²) < 4.78 is 1.06. The van der Waals surface area contributed by atoms with E-state index in [1.54, 1.807) is 0 Å². The largest absolute Gasteiger partial charge is 0.394 e. The molecule has 2 N–H and O–H groups in total. The third-order valence-electron chi connectivity index (χ3n) is 2.55. The first-order chi connectivity index (χ1) is 7.17. The molecule has 0 fully saturated rings. The molecule has 0 amide bonds. The molecule has 0 saturated carbocycles. The van der Waals surface area contributed by atoms with Crippen LogP contribution in [-0.4, -0.2) is 17.8 Å². The van der Waals surface area contributed by atoms with Gasteiger partial charge in [0.2, 0.25) is 0 Å². The Morgan fingerprint density at radius 1 is 1.33 bits per heavy atom. The van der Waals surface area contributed by atoms with Crippen molar-refractivity contribution in [3.05, 3.63) is 34.3 Å². The van der Waals surface area contributed by atoms with Crippen LogP contribution in [0.4, 0.5) is 0 Å². The van der Waals surface area contributed by atoms with Gasteiger partial charge in [0.25, 0.3) is 0 Å². The first kappa shape index (κ1) is 12.7. The van der Waals surface area contributed by atoms with Crippen LogP contribution in [0.25, 0.3) is 0 Å². The summed E-state index contributed by atoms with van der Waals surface area (Å²) in [5, 5.41) is 12.7. The molecule has 0 bridgehead atoms. The van der Waals surface area contributed by atoms with Gasteiger partial charge in [-0.1, -0.05) is 35.0 Å². The van der Waals surface area contributed by atoms with Crippen LogP contribution in [0.5, 0.6) is 0 Å². The summed E-state index contributed by atoms with van der Waals surface area (Å²) in [7, 11) is 0. The lowest BCUT2D eigenvalue weighted by atomic mass is 10.1. The number of hydrogen-bond acceptors (Lipinski definition) is 2. The minimum absolute atomic E-state index is 0.0352. The van der Waals surface area contributed by atoms with Gasteiger partial charge in [-0.05, 0) is 31.0 Å². The summed E-state index contributed by atoms with van der Waals surface area (Å²) in [5.41, 5.74) is 1.13. The first-order valence-electron chi connectivity index (χ1n) is 5.29. The van der Waals surface area contributed by atoms with Crippen LogP contribution < -0.4 is 5.32 Å². The fraction of sp³-hybridized carbons (Fsp3) is 0.500. The molecule has 0 aliphatic rings. The van der Waals surface area contributed by atoms with Gasteiger partial charge in [0.1, 0.15) is 0 Å². The summed E-state index contributed by atoms with van der Waals surface area (Å²) >= 11 is 3.40. The zero-order chi connectivity index (χ0) is 11.3. The van der Waals surface area contributed by atoms with Crippen molar-refractivity contribution in [1.29, 1.82) is 0 Å². The summed E-state index contributed by atoms with van der Waals surface area (Å²) in [6, 6.07) is 8.51. The quantitative estimate of drug-likeness (QED) is 0.863. The Morgan fingerprint density at radius 2 is 1.93 bits per heavy atom. The Kier molecular flexibility index (Phi) is 5.29. The molecule has 1 rings (SSSR count). The number of halogens is 1. The molecule has 2 nitrogen and oxygen atoms in total. The lowest BCUT2D eigenvalue weighted by Crippen LogP contribution is -2.32. The lowest BCUT2D eigenvalue weighted by Gasteiger charge is -2.21. The maximum atomic E-state index is 9.32. The van der Waals surface area contributed by atoms with E-state index in [1.807, 2.05) is 24.3 Å². The third-order valence-corrected chi connectivity index (χ3v) is 3.08. The van der Waals surface area contributed by atoms with E-state index in [9.17, 15) is 5.11 Å². The predicted octanol–water partition coefficient (Wildman–Crippen LogP) is 2.87. The van der Waals surface area contributed by atoms with E-state index in [-0.39, 0.29) is 12.6 Å². The number of aliphatic hydroxyl groups is 1. The normalized spacial score (nSPS) is 14.9. The zero-order valence-corrected chi connectivity index (χ0v) is 10.8. The number of rotatable bonds is 5. The molecule has 0 radical (unpaired) electrons. The lowest BCUT2D eigenvalue weighted by molar-refractivity contribution is 0.234. The predicted molar refractivity (Wildman–Crippen MR) is 66.9 cm³/mol. The summed E-state index contributed by atoms with van der Waals surface area (Å²) in [4.78, 5) is 0. The minimum atomic E-state index is 0.0352. The van der Waals surface area contributed by atoms with Crippen LogP contribution in [-0.2, 0) is 0 Å². The molecule has 84 valence electrons. The third kappa shape index (κ3) is 3.93. The highest BCUT2D eigenvalue weighted by Crippen LogP contribution is 2.17. The van der Waals surface area contributed by atoms with Crippen molar-refractivity contribution in [2.24, 2.45) is 0 Å². The van der Waals surface area contributed by atoms with Crippen molar-refractivity contribution in [2.75, 3.05) is 6.61 Å². The Labute approximate surface area is 99.8 Å². The minimum Gasteiger partial charge on any atom is -0.394 e. The average molecular weight is 272 g/mol. The second-order valence-electron chi connectivity index (χ2n) is 3.76. The highest BCUT2D eigenvalue weighted by Gasteiger charge is 2.11. The van der Waals surface area contributed by atoms with Gasteiger partial charge in [-0.2, -0.15) is 0 Å². The number of nitrogens with one attached hydrogen (secondary N) is 1. The summed E-state index contributed by atoms with van der Waals surface area (Å²) in [5.74, 6) is 0. The molecule has 2 unspecified atom stereocenters. The van der Waals surface area contributed by atoms with Crippen molar-refractivity contribution in [3.8, 4) is 0 Å². The van der Waals surface area contributed by atoms with Crippen LogP contribution in [0.15, 0.2) is 28.7 Å². The molecule has 0 heterocycles. The molecule has 0 saturated heterocycles. The van der Waals surface area contributed by atoms with Gasteiger partial charge in [0.15, 0.2) is 0 Å². The topological polar surface area (TPSA) is 32.3 Å². The fourth-order valence-electron chi connectivity index (χ4n) is 1.41. The number of aliphatic hydroxyl groups excluding tert-OH is 1. The van der Waals surface area contributed by atoms with Crippen LogP contribution in [0, 0.1) is 0 Å². The van der Waals surface area contributed by atoms with Gasteiger partial charge in [-0.3, -0.25) is 0 Å². The van der Waals surface area contributed by atoms with E-state index in [0.717, 1.165) is 16.5 Å². The number of benzene rings is 1. The Bertz CT molecular complexity index is 286. The monoisotopic (exact) mass is 271 g/mol. The number of hydrogen-bond donors (Lipinski definition) is 2. The maximum Gasteiger partial charge on any atom is 0.0626 e. The van der Waals surface area contributed by atoms with Crippen molar-refractivity contribution >= 4 is 15.9 Å². The molecule has 2 atom stereocenters. The van der Waals surface area contributed by atoms with E-state index < -0.39 is 0 Å². The SMILES string of the molecule is CCC(C)NC(CO)c1ccc(Br)cc1. The van der Waals surface area contributed by atoms with Crippen LogP contribution in [0.3, 0.4) is 0 Å². The second-order valence-corrected chi connectivity index (χ2v) is 4.68. The molecule has 3 heteroatoms. The molecule has 0 aliphatic carbocycles. The van der Waals surface area contributed by atoms with E-state index in [0.29, 0.717) is 6.04 Å². The zero-order valence-electron chi connectivity index (χ0n) is 9.20. The molecular formula is C12H18BrNO.